The summed E-state index contributed by atoms with van der Waals surface area (Å²) in [5, 5.41) is 0. The number of hydrogen-bond donors (Lipinski definition) is 1. The quantitative estimate of drug-likeness (QED) is 0.859. The molecule has 2 aromatic rings. The normalized spacial score (nSPS) is 12.4. The molecular weight excluding hydrogens is 262 g/mol. The predicted octanol–water partition coefficient (Wildman–Crippen LogP) is 4.73. The van der Waals surface area contributed by atoms with E-state index >= 15 is 0 Å². The molecular formula is C18H23NS. The molecule has 0 spiro atoms. The molecule has 0 saturated heterocycles. The molecule has 0 aliphatic heterocycles. The summed E-state index contributed by atoms with van der Waals surface area (Å²) in [5.74, 6) is 0. The molecule has 0 saturated carbocycles. The van der Waals surface area contributed by atoms with Gasteiger partial charge in [-0.3, -0.25) is 0 Å². The molecule has 0 radical (unpaired) electrons. The molecule has 0 aromatic heterocycles. The molecule has 2 N–H and O–H groups in total. The molecule has 0 heterocycles. The van der Waals surface area contributed by atoms with Gasteiger partial charge in [-0.05, 0) is 49.9 Å². The van der Waals surface area contributed by atoms with Crippen molar-refractivity contribution in [3.05, 3.63) is 59.2 Å². The van der Waals surface area contributed by atoms with Crippen LogP contribution in [0.1, 0.15) is 30.0 Å². The standard InChI is InChI=1S/C18H23NS/c1-4-16(19)12-15-11-13(2)9-10-18(15)20-17-8-6-5-7-14(17)3/h5-11,16H,4,12,19H2,1-3H3. The second-order valence-electron chi connectivity index (χ2n) is 5.35. The lowest BCUT2D eigenvalue weighted by Crippen LogP contribution is -2.21. The van der Waals surface area contributed by atoms with Gasteiger partial charge < -0.3 is 5.73 Å². The third-order valence-corrected chi connectivity index (χ3v) is 4.83. The number of nitrogens with two attached hydrogens (primary N) is 1. The molecule has 1 unspecified atom stereocenters. The summed E-state index contributed by atoms with van der Waals surface area (Å²) in [7, 11) is 0. The summed E-state index contributed by atoms with van der Waals surface area (Å²) < 4.78 is 0. The fourth-order valence-corrected chi connectivity index (χ4v) is 3.21. The van der Waals surface area contributed by atoms with E-state index in [2.05, 4.69) is 63.2 Å². The van der Waals surface area contributed by atoms with Gasteiger partial charge in [0.15, 0.2) is 0 Å². The van der Waals surface area contributed by atoms with Gasteiger partial charge in [-0.2, -0.15) is 0 Å². The van der Waals surface area contributed by atoms with Crippen LogP contribution in [-0.2, 0) is 6.42 Å². The van der Waals surface area contributed by atoms with Gasteiger partial charge in [-0.15, -0.1) is 0 Å². The molecule has 106 valence electrons. The number of benzene rings is 2. The Morgan fingerprint density at radius 2 is 1.80 bits per heavy atom. The van der Waals surface area contributed by atoms with E-state index in [0.717, 1.165) is 12.8 Å². The van der Waals surface area contributed by atoms with Crippen LogP contribution in [0.4, 0.5) is 0 Å². The van der Waals surface area contributed by atoms with Crippen molar-refractivity contribution < 1.29 is 0 Å². The zero-order valence-corrected chi connectivity index (χ0v) is 13.3. The van der Waals surface area contributed by atoms with Crippen LogP contribution in [0.25, 0.3) is 0 Å². The van der Waals surface area contributed by atoms with Crippen LogP contribution in [0.3, 0.4) is 0 Å². The minimum absolute atomic E-state index is 0.244. The smallest absolute Gasteiger partial charge is 0.0155 e. The second kappa shape index (κ2) is 6.96. The van der Waals surface area contributed by atoms with Crippen molar-refractivity contribution >= 4 is 11.8 Å². The van der Waals surface area contributed by atoms with Crippen molar-refractivity contribution in [2.45, 2.75) is 49.4 Å². The molecule has 20 heavy (non-hydrogen) atoms. The first-order valence-electron chi connectivity index (χ1n) is 7.18. The van der Waals surface area contributed by atoms with Gasteiger partial charge in [-0.1, -0.05) is 54.6 Å². The van der Waals surface area contributed by atoms with Crippen molar-refractivity contribution in [2.75, 3.05) is 0 Å². The first kappa shape index (κ1) is 15.1. The topological polar surface area (TPSA) is 26.0 Å². The summed E-state index contributed by atoms with van der Waals surface area (Å²) in [4.78, 5) is 2.65. The fourth-order valence-electron chi connectivity index (χ4n) is 2.18. The van der Waals surface area contributed by atoms with Crippen molar-refractivity contribution in [2.24, 2.45) is 5.73 Å². The zero-order valence-electron chi connectivity index (χ0n) is 12.5. The van der Waals surface area contributed by atoms with E-state index in [1.165, 1.54) is 26.5 Å². The van der Waals surface area contributed by atoms with Gasteiger partial charge in [0.2, 0.25) is 0 Å². The average molecular weight is 285 g/mol. The highest BCUT2D eigenvalue weighted by atomic mass is 32.2. The highest BCUT2D eigenvalue weighted by molar-refractivity contribution is 7.99. The van der Waals surface area contributed by atoms with Crippen LogP contribution in [0.2, 0.25) is 0 Å². The van der Waals surface area contributed by atoms with Crippen molar-refractivity contribution in [1.82, 2.24) is 0 Å². The van der Waals surface area contributed by atoms with Gasteiger partial charge >= 0.3 is 0 Å². The molecule has 2 heteroatoms. The summed E-state index contributed by atoms with van der Waals surface area (Å²) in [6.07, 6.45) is 1.97. The van der Waals surface area contributed by atoms with E-state index in [1.54, 1.807) is 0 Å². The lowest BCUT2D eigenvalue weighted by Gasteiger charge is -2.15. The largest absolute Gasteiger partial charge is 0.327 e. The Labute approximate surface area is 126 Å². The number of aryl methyl sites for hydroxylation is 2. The van der Waals surface area contributed by atoms with Crippen LogP contribution in [0.15, 0.2) is 52.3 Å². The van der Waals surface area contributed by atoms with Crippen molar-refractivity contribution in [3.8, 4) is 0 Å². The lowest BCUT2D eigenvalue weighted by atomic mass is 10.0. The average Bonchev–Trinajstić information content (AvgIpc) is 2.44. The maximum absolute atomic E-state index is 6.14. The van der Waals surface area contributed by atoms with E-state index in [-0.39, 0.29) is 6.04 Å². The Bertz CT molecular complexity index is 577. The zero-order chi connectivity index (χ0) is 14.5. The Morgan fingerprint density at radius 1 is 1.05 bits per heavy atom. The minimum atomic E-state index is 0.244. The van der Waals surface area contributed by atoms with Crippen molar-refractivity contribution in [1.29, 1.82) is 0 Å². The Balaban J connectivity index is 2.29. The molecule has 0 aliphatic rings. The van der Waals surface area contributed by atoms with E-state index in [1.807, 2.05) is 11.8 Å². The molecule has 0 bridgehead atoms. The van der Waals surface area contributed by atoms with Crippen LogP contribution in [-0.4, -0.2) is 6.04 Å². The highest BCUT2D eigenvalue weighted by Gasteiger charge is 2.09. The highest BCUT2D eigenvalue weighted by Crippen LogP contribution is 2.33. The molecule has 2 aromatic carbocycles. The van der Waals surface area contributed by atoms with E-state index in [9.17, 15) is 0 Å². The SMILES string of the molecule is CCC(N)Cc1cc(C)ccc1Sc1ccccc1C. The summed E-state index contributed by atoms with van der Waals surface area (Å²) in [5.41, 5.74) is 10.1. The maximum Gasteiger partial charge on any atom is 0.0155 e. The Kier molecular flexibility index (Phi) is 5.27. The Morgan fingerprint density at radius 3 is 2.50 bits per heavy atom. The van der Waals surface area contributed by atoms with Crippen LogP contribution in [0, 0.1) is 13.8 Å². The van der Waals surface area contributed by atoms with Gasteiger partial charge in [0.25, 0.3) is 0 Å². The summed E-state index contributed by atoms with van der Waals surface area (Å²) in [6.45, 7) is 6.45. The van der Waals surface area contributed by atoms with E-state index in [4.69, 9.17) is 5.73 Å². The molecule has 0 amide bonds. The van der Waals surface area contributed by atoms with Gasteiger partial charge in [0, 0.05) is 15.8 Å². The Hall–Kier alpha value is -1.25. The summed E-state index contributed by atoms with van der Waals surface area (Å²) in [6, 6.07) is 15.5. The summed E-state index contributed by atoms with van der Waals surface area (Å²) >= 11 is 1.85. The van der Waals surface area contributed by atoms with Crippen LogP contribution in [0.5, 0.6) is 0 Å². The predicted molar refractivity (Wildman–Crippen MR) is 88.5 cm³/mol. The first-order valence-corrected chi connectivity index (χ1v) is 8.00. The third kappa shape index (κ3) is 3.87. The number of rotatable bonds is 5. The molecule has 1 atom stereocenters. The monoisotopic (exact) mass is 285 g/mol. The molecule has 1 nitrogen and oxygen atoms in total. The second-order valence-corrected chi connectivity index (χ2v) is 6.43. The fraction of sp³-hybridized carbons (Fsp3) is 0.333. The van der Waals surface area contributed by atoms with E-state index in [0.29, 0.717) is 0 Å². The molecule has 0 fully saturated rings. The van der Waals surface area contributed by atoms with Crippen LogP contribution >= 0.6 is 11.8 Å². The lowest BCUT2D eigenvalue weighted by molar-refractivity contribution is 0.641. The van der Waals surface area contributed by atoms with Crippen molar-refractivity contribution in [3.63, 3.8) is 0 Å². The van der Waals surface area contributed by atoms with E-state index < -0.39 is 0 Å². The molecule has 0 aliphatic carbocycles. The maximum atomic E-state index is 6.14. The van der Waals surface area contributed by atoms with Gasteiger partial charge in [-0.25, -0.2) is 0 Å². The third-order valence-electron chi connectivity index (χ3n) is 3.54. The minimum Gasteiger partial charge on any atom is -0.327 e. The first-order chi connectivity index (χ1) is 9.60. The number of hydrogen-bond acceptors (Lipinski definition) is 2. The van der Waals surface area contributed by atoms with Crippen LogP contribution < -0.4 is 5.73 Å². The van der Waals surface area contributed by atoms with Gasteiger partial charge in [0.05, 0.1) is 0 Å². The van der Waals surface area contributed by atoms with Gasteiger partial charge in [0.1, 0.15) is 0 Å². The molecule has 2 rings (SSSR count).